The van der Waals surface area contributed by atoms with Gasteiger partial charge in [-0.1, -0.05) is 23.2 Å². The molecule has 29 heavy (non-hydrogen) atoms. The van der Waals surface area contributed by atoms with E-state index in [1.807, 2.05) is 6.07 Å². The lowest BCUT2D eigenvalue weighted by atomic mass is 9.79. The van der Waals surface area contributed by atoms with Crippen LogP contribution in [0.4, 0.5) is 0 Å². The molecule has 0 amide bonds. The van der Waals surface area contributed by atoms with Gasteiger partial charge >= 0.3 is 0 Å². The van der Waals surface area contributed by atoms with Gasteiger partial charge in [0.05, 0.1) is 11.5 Å². The molecule has 1 fully saturated rings. The Balaban J connectivity index is 1.73. The van der Waals surface area contributed by atoms with Crippen LogP contribution in [0.25, 0.3) is 0 Å². The molecule has 8 heteroatoms. The molecule has 0 spiro atoms. The molecule has 0 unspecified atom stereocenters. The molecule has 2 aromatic carbocycles. The Hall–Kier alpha value is -1.31. The number of aliphatic hydroxyl groups is 1. The largest absolute Gasteiger partial charge is 0.485 e. The monoisotopic (exact) mass is 455 g/mol. The van der Waals surface area contributed by atoms with Gasteiger partial charge in [-0.2, -0.15) is 0 Å². The molecule has 0 aromatic heterocycles. The Labute approximate surface area is 180 Å². The van der Waals surface area contributed by atoms with Crippen molar-refractivity contribution in [2.24, 2.45) is 5.92 Å². The predicted octanol–water partition coefficient (Wildman–Crippen LogP) is 3.80. The molecule has 1 aliphatic heterocycles. The number of rotatable bonds is 5. The molecule has 2 aromatic rings. The molecular formula is C21H23Cl2NO4S. The topological polar surface area (TPSA) is 75.6 Å². The molecule has 1 heterocycles. The van der Waals surface area contributed by atoms with Crippen LogP contribution in [-0.4, -0.2) is 38.5 Å². The first-order valence-electron chi connectivity index (χ1n) is 9.54. The maximum absolute atomic E-state index is 11.7. The van der Waals surface area contributed by atoms with Crippen molar-refractivity contribution < 1.29 is 18.3 Å². The minimum Gasteiger partial charge on any atom is -0.485 e. The first-order chi connectivity index (χ1) is 13.7. The standard InChI is InChI=1S/C21H23Cl2NO4S/c1-29(26,27)15-5-3-14(4-6-15)28-20-17-9-13(22)10-19(23)16(17)11-18(20)21(12-25)7-2-8-24-21/h3-6,9-10,18,20,24-25H,2,7-8,11-12H2,1H3/t18-,20-,21-/m1/s1. The number of hydrogen-bond acceptors (Lipinski definition) is 5. The van der Waals surface area contributed by atoms with Gasteiger partial charge in [0.15, 0.2) is 9.84 Å². The summed E-state index contributed by atoms with van der Waals surface area (Å²) in [5.74, 6) is 0.526. The van der Waals surface area contributed by atoms with E-state index in [0.29, 0.717) is 22.2 Å². The fourth-order valence-corrected chi connectivity index (χ4v) is 5.79. The highest BCUT2D eigenvalue weighted by Crippen LogP contribution is 2.49. The van der Waals surface area contributed by atoms with Crippen LogP contribution in [0.2, 0.25) is 10.0 Å². The molecule has 1 saturated heterocycles. The highest BCUT2D eigenvalue weighted by atomic mass is 35.5. The van der Waals surface area contributed by atoms with Crippen LogP contribution >= 0.6 is 23.2 Å². The maximum Gasteiger partial charge on any atom is 0.175 e. The molecule has 4 rings (SSSR count). The average molecular weight is 456 g/mol. The van der Waals surface area contributed by atoms with Crippen LogP contribution in [0, 0.1) is 5.92 Å². The predicted molar refractivity (Wildman–Crippen MR) is 114 cm³/mol. The van der Waals surface area contributed by atoms with E-state index >= 15 is 0 Å². The summed E-state index contributed by atoms with van der Waals surface area (Å²) < 4.78 is 29.8. The van der Waals surface area contributed by atoms with Crippen LogP contribution in [0.5, 0.6) is 5.75 Å². The molecule has 5 nitrogen and oxygen atoms in total. The highest BCUT2D eigenvalue weighted by molar-refractivity contribution is 7.90. The Morgan fingerprint density at radius 3 is 2.55 bits per heavy atom. The number of fused-ring (bicyclic) bond motifs is 1. The van der Waals surface area contributed by atoms with Crippen molar-refractivity contribution in [3.05, 3.63) is 57.6 Å². The van der Waals surface area contributed by atoms with E-state index in [9.17, 15) is 13.5 Å². The Kier molecular flexibility index (Phi) is 5.59. The second-order valence-corrected chi connectivity index (χ2v) is 10.8. The van der Waals surface area contributed by atoms with Crippen molar-refractivity contribution in [2.75, 3.05) is 19.4 Å². The second-order valence-electron chi connectivity index (χ2n) is 7.89. The third kappa shape index (κ3) is 3.89. The lowest BCUT2D eigenvalue weighted by molar-refractivity contribution is 0.0445. The third-order valence-corrected chi connectivity index (χ3v) is 7.76. The molecule has 0 saturated carbocycles. The number of nitrogens with one attached hydrogen (secondary N) is 1. The zero-order chi connectivity index (χ0) is 20.8. The molecule has 2 aliphatic rings. The summed E-state index contributed by atoms with van der Waals surface area (Å²) >= 11 is 12.8. The summed E-state index contributed by atoms with van der Waals surface area (Å²) in [6.07, 6.45) is 3.32. The summed E-state index contributed by atoms with van der Waals surface area (Å²) in [4.78, 5) is 0.239. The van der Waals surface area contributed by atoms with E-state index in [2.05, 4.69) is 5.32 Å². The van der Waals surface area contributed by atoms with Gasteiger partial charge in [-0.25, -0.2) is 8.42 Å². The minimum atomic E-state index is -3.28. The minimum absolute atomic E-state index is 0.00385. The summed E-state index contributed by atoms with van der Waals surface area (Å²) in [7, 11) is -3.28. The molecule has 2 N–H and O–H groups in total. The van der Waals surface area contributed by atoms with Crippen LogP contribution in [0.15, 0.2) is 41.3 Å². The van der Waals surface area contributed by atoms with E-state index in [-0.39, 0.29) is 23.5 Å². The lowest BCUT2D eigenvalue weighted by Crippen LogP contribution is -2.52. The molecule has 0 bridgehead atoms. The van der Waals surface area contributed by atoms with Crippen LogP contribution in [-0.2, 0) is 16.3 Å². The van der Waals surface area contributed by atoms with Gasteiger partial charge < -0.3 is 15.2 Å². The van der Waals surface area contributed by atoms with Crippen molar-refractivity contribution in [3.63, 3.8) is 0 Å². The summed E-state index contributed by atoms with van der Waals surface area (Å²) in [6, 6.07) is 10.00. The molecular weight excluding hydrogens is 433 g/mol. The normalized spacial score (nSPS) is 26.5. The van der Waals surface area contributed by atoms with Crippen molar-refractivity contribution >= 4 is 33.0 Å². The Morgan fingerprint density at radius 1 is 1.24 bits per heavy atom. The first kappa shape index (κ1) is 20.9. The van der Waals surface area contributed by atoms with Gasteiger partial charge in [0, 0.05) is 27.8 Å². The zero-order valence-corrected chi connectivity index (χ0v) is 18.3. The van der Waals surface area contributed by atoms with Gasteiger partial charge in [0.2, 0.25) is 0 Å². The zero-order valence-electron chi connectivity index (χ0n) is 16.0. The molecule has 0 radical (unpaired) electrons. The fourth-order valence-electron chi connectivity index (χ4n) is 4.58. The van der Waals surface area contributed by atoms with Crippen molar-refractivity contribution in [2.45, 2.75) is 35.8 Å². The van der Waals surface area contributed by atoms with E-state index in [4.69, 9.17) is 27.9 Å². The number of sulfone groups is 1. The number of aliphatic hydroxyl groups excluding tert-OH is 1. The smallest absolute Gasteiger partial charge is 0.175 e. The second kappa shape index (κ2) is 7.75. The molecule has 3 atom stereocenters. The van der Waals surface area contributed by atoms with E-state index in [0.717, 1.165) is 30.5 Å². The Bertz CT molecular complexity index is 1020. The van der Waals surface area contributed by atoms with E-state index in [1.54, 1.807) is 18.2 Å². The quantitative estimate of drug-likeness (QED) is 0.716. The number of ether oxygens (including phenoxy) is 1. The van der Waals surface area contributed by atoms with Crippen molar-refractivity contribution in [3.8, 4) is 5.75 Å². The summed E-state index contributed by atoms with van der Waals surface area (Å²) in [6.45, 7) is 0.849. The van der Waals surface area contributed by atoms with E-state index < -0.39 is 15.4 Å². The van der Waals surface area contributed by atoms with Gasteiger partial charge in [-0.3, -0.25) is 0 Å². The molecule has 156 valence electrons. The molecule has 1 aliphatic carbocycles. The Morgan fingerprint density at radius 2 is 1.97 bits per heavy atom. The highest BCUT2D eigenvalue weighted by Gasteiger charge is 2.50. The van der Waals surface area contributed by atoms with Gasteiger partial charge in [0.1, 0.15) is 11.9 Å². The van der Waals surface area contributed by atoms with Gasteiger partial charge in [0.25, 0.3) is 0 Å². The van der Waals surface area contributed by atoms with Crippen LogP contribution < -0.4 is 10.1 Å². The number of halogens is 2. The van der Waals surface area contributed by atoms with Crippen LogP contribution in [0.3, 0.4) is 0 Å². The van der Waals surface area contributed by atoms with Gasteiger partial charge in [-0.05, 0) is 73.3 Å². The number of benzene rings is 2. The number of hydrogen-bond donors (Lipinski definition) is 2. The lowest BCUT2D eigenvalue weighted by Gasteiger charge is -2.37. The average Bonchev–Trinajstić information content (AvgIpc) is 3.28. The summed E-state index contributed by atoms with van der Waals surface area (Å²) in [5.41, 5.74) is 1.45. The van der Waals surface area contributed by atoms with Gasteiger partial charge in [-0.15, -0.1) is 0 Å². The van der Waals surface area contributed by atoms with Crippen molar-refractivity contribution in [1.82, 2.24) is 5.32 Å². The van der Waals surface area contributed by atoms with Crippen molar-refractivity contribution in [1.29, 1.82) is 0 Å². The van der Waals surface area contributed by atoms with Crippen LogP contribution in [0.1, 0.15) is 30.1 Å². The first-order valence-corrected chi connectivity index (χ1v) is 12.2. The third-order valence-electron chi connectivity index (χ3n) is 6.07. The van der Waals surface area contributed by atoms with E-state index in [1.165, 1.54) is 18.4 Å². The maximum atomic E-state index is 11.7. The fraction of sp³-hybridized carbons (Fsp3) is 0.429. The summed E-state index contributed by atoms with van der Waals surface area (Å²) in [5, 5.41) is 14.9. The SMILES string of the molecule is CS(=O)(=O)c1ccc(O[C@@H]2c3cc(Cl)cc(Cl)c3C[C@H]2[C@]2(CO)CCCN2)cc1.